The molecule has 558 valence electrons. The molecular formula is C88H154NO8+. The highest BCUT2D eigenvalue weighted by Crippen LogP contribution is 2.19. The molecule has 0 aromatic rings. The van der Waals surface area contributed by atoms with E-state index in [1.165, 1.54) is 218 Å². The van der Waals surface area contributed by atoms with Crippen LogP contribution in [-0.2, 0) is 33.3 Å². The maximum absolute atomic E-state index is 13.0. The van der Waals surface area contributed by atoms with Gasteiger partial charge in [0.15, 0.2) is 6.10 Å². The number of rotatable bonds is 75. The van der Waals surface area contributed by atoms with E-state index in [1.807, 2.05) is 21.1 Å². The molecule has 2 atom stereocenters. The smallest absolute Gasteiger partial charge is 0.361 e. The van der Waals surface area contributed by atoms with Gasteiger partial charge in [-0.15, -0.1) is 0 Å². The third kappa shape index (κ3) is 78.9. The summed E-state index contributed by atoms with van der Waals surface area (Å²) in [7, 11) is 5.97. The molecule has 2 unspecified atom stereocenters. The van der Waals surface area contributed by atoms with Crippen LogP contribution in [0.4, 0.5) is 0 Å². The van der Waals surface area contributed by atoms with E-state index in [1.54, 1.807) is 0 Å². The predicted octanol–water partition coefficient (Wildman–Crippen LogP) is 26.3. The summed E-state index contributed by atoms with van der Waals surface area (Å²) in [5.74, 6) is -2.02. The highest BCUT2D eigenvalue weighted by Gasteiger charge is 2.25. The summed E-state index contributed by atoms with van der Waals surface area (Å²) in [6.07, 6.45) is 108. The largest absolute Gasteiger partial charge is 0.477 e. The SMILES string of the molecule is CC/C=C\C/C=C\C/C=C\C/C=C\C/C=C\C/C=C\C/C=C\C/C=C\C/C=C\CCCCCCCC(=O)OC(COC(=O)CCCCCCCCCCCCCCCCCCCCCCCCCCCCC/C=C\CCCCCCCCCC)COC(OCC[N+](C)(C)C)C(=O)O. The molecule has 0 saturated heterocycles. The lowest BCUT2D eigenvalue weighted by atomic mass is 10.0. The molecule has 9 heteroatoms. The number of nitrogens with zero attached hydrogens (tertiary/aromatic N) is 1. The van der Waals surface area contributed by atoms with Gasteiger partial charge in [-0.1, -0.05) is 360 Å². The van der Waals surface area contributed by atoms with Gasteiger partial charge in [0.05, 0.1) is 34.4 Å². The maximum Gasteiger partial charge on any atom is 0.361 e. The van der Waals surface area contributed by atoms with Crippen LogP contribution < -0.4 is 0 Å². The molecule has 0 aliphatic rings. The number of carboxylic acids is 1. The van der Waals surface area contributed by atoms with Crippen LogP contribution >= 0.6 is 0 Å². The summed E-state index contributed by atoms with van der Waals surface area (Å²) >= 11 is 0. The Labute approximate surface area is 599 Å². The van der Waals surface area contributed by atoms with Crippen molar-refractivity contribution >= 4 is 17.9 Å². The Kier molecular flexibility index (Phi) is 74.0. The third-order valence-corrected chi connectivity index (χ3v) is 17.7. The second-order valence-electron chi connectivity index (χ2n) is 28.3. The van der Waals surface area contributed by atoms with E-state index in [9.17, 15) is 19.5 Å². The highest BCUT2D eigenvalue weighted by molar-refractivity contribution is 5.71. The monoisotopic (exact) mass is 1350 g/mol. The van der Waals surface area contributed by atoms with E-state index >= 15 is 0 Å². The Hall–Kier alpha value is -4.31. The molecule has 9 nitrogen and oxygen atoms in total. The first-order valence-electron chi connectivity index (χ1n) is 40.7. The summed E-state index contributed by atoms with van der Waals surface area (Å²) < 4.78 is 23.0. The lowest BCUT2D eigenvalue weighted by Gasteiger charge is -2.25. The predicted molar refractivity (Wildman–Crippen MR) is 419 cm³/mol. The van der Waals surface area contributed by atoms with Crippen LogP contribution in [0.3, 0.4) is 0 Å². The van der Waals surface area contributed by atoms with Crippen LogP contribution in [-0.4, -0.2) is 87.4 Å². The minimum Gasteiger partial charge on any atom is -0.477 e. The van der Waals surface area contributed by atoms with E-state index in [0.29, 0.717) is 23.9 Å². The van der Waals surface area contributed by atoms with Crippen molar-refractivity contribution in [2.75, 3.05) is 47.5 Å². The summed E-state index contributed by atoms with van der Waals surface area (Å²) in [6.45, 7) is 4.77. The fourth-order valence-electron chi connectivity index (χ4n) is 11.5. The number of allylic oxidation sites excluding steroid dienone is 20. The first-order chi connectivity index (χ1) is 47.6. The van der Waals surface area contributed by atoms with Gasteiger partial charge in [0, 0.05) is 12.8 Å². The molecule has 0 aliphatic heterocycles. The number of carboxylic acid groups (broad SMARTS) is 1. The Morgan fingerprint density at radius 3 is 0.887 bits per heavy atom. The van der Waals surface area contributed by atoms with Crippen molar-refractivity contribution in [2.45, 2.75) is 373 Å². The van der Waals surface area contributed by atoms with Gasteiger partial charge >= 0.3 is 17.9 Å². The van der Waals surface area contributed by atoms with Crippen LogP contribution in [0.1, 0.15) is 361 Å². The molecule has 0 saturated carbocycles. The zero-order valence-corrected chi connectivity index (χ0v) is 64.0. The van der Waals surface area contributed by atoms with Crippen LogP contribution in [0.5, 0.6) is 0 Å². The van der Waals surface area contributed by atoms with Crippen LogP contribution in [0, 0.1) is 0 Å². The fourth-order valence-corrected chi connectivity index (χ4v) is 11.5. The number of ether oxygens (including phenoxy) is 4. The van der Waals surface area contributed by atoms with E-state index < -0.39 is 24.3 Å². The maximum atomic E-state index is 13.0. The van der Waals surface area contributed by atoms with E-state index in [4.69, 9.17) is 18.9 Å². The molecule has 1 N–H and O–H groups in total. The Morgan fingerprint density at radius 2 is 0.588 bits per heavy atom. The number of aliphatic carboxylic acids is 1. The third-order valence-electron chi connectivity index (χ3n) is 17.7. The van der Waals surface area contributed by atoms with Gasteiger partial charge < -0.3 is 28.5 Å². The normalized spacial score (nSPS) is 13.3. The molecule has 0 bridgehead atoms. The summed E-state index contributed by atoms with van der Waals surface area (Å²) in [5, 5.41) is 9.77. The second-order valence-corrected chi connectivity index (χ2v) is 28.3. The van der Waals surface area contributed by atoms with Gasteiger partial charge in [0.2, 0.25) is 0 Å². The van der Waals surface area contributed by atoms with Gasteiger partial charge in [-0.2, -0.15) is 0 Å². The number of hydrogen-bond acceptors (Lipinski definition) is 7. The average Bonchev–Trinajstić information content (AvgIpc) is 2.59. The summed E-state index contributed by atoms with van der Waals surface area (Å²) in [4.78, 5) is 37.7. The van der Waals surface area contributed by atoms with Crippen molar-refractivity contribution in [3.05, 3.63) is 122 Å². The minimum absolute atomic E-state index is 0.179. The lowest BCUT2D eigenvalue weighted by Crippen LogP contribution is -2.40. The Bertz CT molecular complexity index is 2020. The molecule has 0 aromatic heterocycles. The van der Waals surface area contributed by atoms with Crippen molar-refractivity contribution < 1.29 is 42.9 Å². The number of quaternary nitrogens is 1. The zero-order valence-electron chi connectivity index (χ0n) is 64.0. The molecule has 97 heavy (non-hydrogen) atoms. The number of likely N-dealkylation sites (N-methyl/N-ethyl adjacent to an activating group) is 1. The molecule has 0 amide bonds. The quantitative estimate of drug-likeness (QED) is 0.0211. The van der Waals surface area contributed by atoms with Gasteiger partial charge in [-0.25, -0.2) is 4.79 Å². The molecule has 0 aliphatic carbocycles. The summed E-state index contributed by atoms with van der Waals surface area (Å²) in [6, 6.07) is 0. The van der Waals surface area contributed by atoms with E-state index in [-0.39, 0.29) is 32.2 Å². The first kappa shape index (κ1) is 92.7. The van der Waals surface area contributed by atoms with Gasteiger partial charge in [-0.3, -0.25) is 9.59 Å². The number of carbonyl (C=O) groups is 3. The van der Waals surface area contributed by atoms with E-state index in [0.717, 1.165) is 109 Å². The summed E-state index contributed by atoms with van der Waals surface area (Å²) in [5.41, 5.74) is 0. The van der Waals surface area contributed by atoms with Crippen LogP contribution in [0.15, 0.2) is 122 Å². The number of esters is 2. The first-order valence-corrected chi connectivity index (χ1v) is 40.7. The Morgan fingerprint density at radius 1 is 0.320 bits per heavy atom. The topological polar surface area (TPSA) is 108 Å². The Balaban J connectivity index is 4.05. The molecule has 0 aromatic carbocycles. The van der Waals surface area contributed by atoms with E-state index in [2.05, 4.69) is 135 Å². The van der Waals surface area contributed by atoms with Crippen molar-refractivity contribution in [1.29, 1.82) is 0 Å². The standard InChI is InChI=1S/C88H153NO8/c1-6-8-10-12-14-16-18-20-22-24-26-28-30-32-34-36-38-40-41-42-43-44-45-47-48-50-52-54-56-58-60-62-64-66-68-70-72-74-76-78-85(90)95-82-84(83-96-88(87(92)93)94-81-80-89(3,4)5)97-86(91)79-77-75-73-71-69-67-65-63-61-59-57-55-53-51-49-46-39-37-35-33-31-29-27-25-23-21-19-17-15-13-11-9-7-2/h9,11,15,17,21,23-24,26-27,29,33,35,39,46,51,53,57,59,63,65,84,88H,6-8,10,12-14,16,18-20,22,25,28,30-32,34,36-38,40-45,47-50,52,54-56,58,60-62,64,66-83H2,1-5H3/p+1/b11-9-,17-15-,23-21-,26-24-,29-27-,35-33-,46-39-,53-51-,59-57-,65-63-. The van der Waals surface area contributed by atoms with Crippen molar-refractivity contribution in [2.24, 2.45) is 0 Å². The molecule has 0 radical (unpaired) electrons. The molecule has 0 spiro atoms. The molecule has 0 fully saturated rings. The minimum atomic E-state index is -1.52. The molecule has 0 rings (SSSR count). The van der Waals surface area contributed by atoms with Crippen LogP contribution in [0.2, 0.25) is 0 Å². The van der Waals surface area contributed by atoms with Crippen LogP contribution in [0.25, 0.3) is 0 Å². The van der Waals surface area contributed by atoms with Gasteiger partial charge in [0.1, 0.15) is 13.2 Å². The van der Waals surface area contributed by atoms with Crippen molar-refractivity contribution in [1.82, 2.24) is 0 Å². The second kappa shape index (κ2) is 77.4. The van der Waals surface area contributed by atoms with Crippen molar-refractivity contribution in [3.63, 3.8) is 0 Å². The number of unbranched alkanes of at least 4 members (excludes halogenated alkanes) is 40. The number of carbonyl (C=O) groups excluding carboxylic acids is 2. The zero-order chi connectivity index (χ0) is 70.4. The number of hydrogen-bond donors (Lipinski definition) is 1. The van der Waals surface area contributed by atoms with Gasteiger partial charge in [-0.05, 0) is 109 Å². The molecular weight excluding hydrogens is 1200 g/mol. The average molecular weight is 1350 g/mol. The van der Waals surface area contributed by atoms with Gasteiger partial charge in [0.25, 0.3) is 6.29 Å². The fraction of sp³-hybridized carbons (Fsp3) is 0.739. The molecule has 0 heterocycles. The van der Waals surface area contributed by atoms with Crippen molar-refractivity contribution in [3.8, 4) is 0 Å². The highest BCUT2D eigenvalue weighted by atomic mass is 16.7. The lowest BCUT2D eigenvalue weighted by molar-refractivity contribution is -0.870.